The Labute approximate surface area is 159 Å². The van der Waals surface area contributed by atoms with Crippen LogP contribution in [0.4, 0.5) is 0 Å². The number of hydrogen-bond donors (Lipinski definition) is 1. The van der Waals surface area contributed by atoms with Gasteiger partial charge in [0.25, 0.3) is 5.91 Å². The summed E-state index contributed by atoms with van der Waals surface area (Å²) in [5.74, 6) is 0.977. The van der Waals surface area contributed by atoms with Gasteiger partial charge in [-0.3, -0.25) is 4.79 Å². The Kier molecular flexibility index (Phi) is 6.10. The molecule has 0 saturated heterocycles. The fraction of sp³-hybridized carbons (Fsp3) is 0.174. The monoisotopic (exact) mass is 361 g/mol. The number of benzene rings is 3. The third-order valence-electron chi connectivity index (χ3n) is 4.32. The molecule has 1 amide bonds. The molecule has 1 atom stereocenters. The third-order valence-corrected chi connectivity index (χ3v) is 4.32. The van der Waals surface area contributed by atoms with E-state index < -0.39 is 0 Å². The Morgan fingerprint density at radius 2 is 1.44 bits per heavy atom. The predicted octanol–water partition coefficient (Wildman–Crippen LogP) is 4.62. The fourth-order valence-electron chi connectivity index (χ4n) is 2.84. The summed E-state index contributed by atoms with van der Waals surface area (Å²) in [4.78, 5) is 12.2. The first-order valence-corrected chi connectivity index (χ1v) is 8.88. The number of carbonyl (C=O) groups excluding carboxylic acids is 1. The van der Waals surface area contributed by atoms with Gasteiger partial charge in [0.1, 0.15) is 0 Å². The van der Waals surface area contributed by atoms with Gasteiger partial charge in [-0.2, -0.15) is 0 Å². The first kappa shape index (κ1) is 18.5. The lowest BCUT2D eigenvalue weighted by molar-refractivity contribution is -0.123. The van der Waals surface area contributed by atoms with E-state index in [9.17, 15) is 4.79 Å². The van der Waals surface area contributed by atoms with Gasteiger partial charge in [0, 0.05) is 0 Å². The van der Waals surface area contributed by atoms with Crippen molar-refractivity contribution in [3.8, 4) is 22.6 Å². The topological polar surface area (TPSA) is 47.6 Å². The number of methoxy groups -OCH3 is 1. The van der Waals surface area contributed by atoms with Gasteiger partial charge in [-0.15, -0.1) is 0 Å². The summed E-state index contributed by atoms with van der Waals surface area (Å²) in [5.41, 5.74) is 3.36. The van der Waals surface area contributed by atoms with Gasteiger partial charge in [0.05, 0.1) is 13.2 Å². The summed E-state index contributed by atoms with van der Waals surface area (Å²) in [6, 6.07) is 25.6. The molecule has 0 fully saturated rings. The molecule has 0 radical (unpaired) electrons. The highest BCUT2D eigenvalue weighted by Crippen LogP contribution is 2.26. The number of ether oxygens (including phenoxy) is 2. The van der Waals surface area contributed by atoms with Gasteiger partial charge in [-0.25, -0.2) is 0 Å². The Hall–Kier alpha value is -3.27. The largest absolute Gasteiger partial charge is 0.493 e. The van der Waals surface area contributed by atoms with Crippen molar-refractivity contribution in [2.24, 2.45) is 0 Å². The van der Waals surface area contributed by atoms with Crippen molar-refractivity contribution in [1.82, 2.24) is 5.32 Å². The molecule has 0 saturated carbocycles. The summed E-state index contributed by atoms with van der Waals surface area (Å²) >= 11 is 0. The molecule has 0 aliphatic carbocycles. The van der Waals surface area contributed by atoms with Crippen LogP contribution >= 0.6 is 0 Å². The van der Waals surface area contributed by atoms with Crippen LogP contribution in [0.5, 0.6) is 11.5 Å². The Balaban J connectivity index is 1.56. The van der Waals surface area contributed by atoms with Crippen LogP contribution < -0.4 is 14.8 Å². The zero-order valence-electron chi connectivity index (χ0n) is 15.5. The van der Waals surface area contributed by atoms with Gasteiger partial charge in [-0.05, 0) is 35.7 Å². The zero-order valence-corrected chi connectivity index (χ0v) is 15.5. The van der Waals surface area contributed by atoms with Crippen LogP contribution in [0.2, 0.25) is 0 Å². The van der Waals surface area contributed by atoms with Crippen LogP contribution in [0, 0.1) is 0 Å². The zero-order chi connectivity index (χ0) is 19.1. The van der Waals surface area contributed by atoms with Gasteiger partial charge >= 0.3 is 0 Å². The van der Waals surface area contributed by atoms with Crippen molar-refractivity contribution in [1.29, 1.82) is 0 Å². The summed E-state index contributed by atoms with van der Waals surface area (Å²) in [7, 11) is 1.57. The fourth-order valence-corrected chi connectivity index (χ4v) is 2.84. The highest BCUT2D eigenvalue weighted by Gasteiger charge is 2.11. The first-order valence-electron chi connectivity index (χ1n) is 8.88. The smallest absolute Gasteiger partial charge is 0.258 e. The Morgan fingerprint density at radius 1 is 0.852 bits per heavy atom. The first-order chi connectivity index (χ1) is 13.2. The van der Waals surface area contributed by atoms with Crippen LogP contribution in [-0.4, -0.2) is 19.6 Å². The maximum atomic E-state index is 12.2. The van der Waals surface area contributed by atoms with E-state index in [1.165, 1.54) is 5.56 Å². The number of amides is 1. The van der Waals surface area contributed by atoms with E-state index in [-0.39, 0.29) is 18.6 Å². The molecular formula is C23H23NO3. The van der Waals surface area contributed by atoms with Crippen molar-refractivity contribution in [2.75, 3.05) is 13.7 Å². The van der Waals surface area contributed by atoms with E-state index in [2.05, 4.69) is 29.6 Å². The molecule has 138 valence electrons. The molecule has 4 heteroatoms. The second-order valence-electron chi connectivity index (χ2n) is 6.22. The van der Waals surface area contributed by atoms with Crippen LogP contribution in [-0.2, 0) is 4.79 Å². The number of para-hydroxylation sites is 2. The van der Waals surface area contributed by atoms with E-state index >= 15 is 0 Å². The minimum absolute atomic E-state index is 0.0627. The van der Waals surface area contributed by atoms with Gasteiger partial charge in [0.15, 0.2) is 18.1 Å². The maximum absolute atomic E-state index is 12.2. The van der Waals surface area contributed by atoms with E-state index in [1.54, 1.807) is 19.2 Å². The second kappa shape index (κ2) is 8.90. The molecule has 0 heterocycles. The standard InChI is InChI=1S/C23H23NO3/c1-17(18-12-14-20(15-13-18)19-8-4-3-5-9-19)24-23(25)16-27-22-11-7-6-10-21(22)26-2/h3-15,17H,16H2,1-2H3,(H,24,25). The van der Waals surface area contributed by atoms with Crippen LogP contribution in [0.25, 0.3) is 11.1 Å². The summed E-state index contributed by atoms with van der Waals surface area (Å²) < 4.78 is 10.8. The summed E-state index contributed by atoms with van der Waals surface area (Å²) in [6.07, 6.45) is 0. The number of rotatable bonds is 7. The van der Waals surface area contributed by atoms with Crippen LogP contribution in [0.3, 0.4) is 0 Å². The average molecular weight is 361 g/mol. The van der Waals surface area contributed by atoms with Crippen molar-refractivity contribution in [3.05, 3.63) is 84.4 Å². The van der Waals surface area contributed by atoms with E-state index in [4.69, 9.17) is 9.47 Å². The molecular weight excluding hydrogens is 338 g/mol. The Morgan fingerprint density at radius 3 is 2.11 bits per heavy atom. The molecule has 3 rings (SSSR count). The summed E-state index contributed by atoms with van der Waals surface area (Å²) in [5, 5.41) is 2.96. The van der Waals surface area contributed by atoms with Crippen molar-refractivity contribution >= 4 is 5.91 Å². The van der Waals surface area contributed by atoms with Crippen molar-refractivity contribution < 1.29 is 14.3 Å². The Bertz CT molecular complexity index is 876. The molecule has 1 N–H and O–H groups in total. The minimum atomic E-state index is -0.180. The number of carbonyl (C=O) groups is 1. The van der Waals surface area contributed by atoms with Crippen LogP contribution in [0.1, 0.15) is 18.5 Å². The number of hydrogen-bond acceptors (Lipinski definition) is 3. The third kappa shape index (κ3) is 4.88. The lowest BCUT2D eigenvalue weighted by Gasteiger charge is -2.16. The normalized spacial score (nSPS) is 11.5. The lowest BCUT2D eigenvalue weighted by Crippen LogP contribution is -2.31. The van der Waals surface area contributed by atoms with Crippen molar-refractivity contribution in [3.63, 3.8) is 0 Å². The molecule has 0 bridgehead atoms. The molecule has 3 aromatic carbocycles. The molecule has 4 nitrogen and oxygen atoms in total. The summed E-state index contributed by atoms with van der Waals surface area (Å²) in [6.45, 7) is 1.89. The maximum Gasteiger partial charge on any atom is 0.258 e. The molecule has 0 aromatic heterocycles. The van der Waals surface area contributed by atoms with E-state index in [1.807, 2.05) is 49.4 Å². The molecule has 0 spiro atoms. The predicted molar refractivity (Wildman–Crippen MR) is 107 cm³/mol. The highest BCUT2D eigenvalue weighted by atomic mass is 16.5. The SMILES string of the molecule is COc1ccccc1OCC(=O)NC(C)c1ccc(-c2ccccc2)cc1. The van der Waals surface area contributed by atoms with Crippen molar-refractivity contribution in [2.45, 2.75) is 13.0 Å². The second-order valence-corrected chi connectivity index (χ2v) is 6.22. The van der Waals surface area contributed by atoms with Gasteiger partial charge in [0.2, 0.25) is 0 Å². The molecule has 0 aliphatic rings. The quantitative estimate of drug-likeness (QED) is 0.668. The molecule has 0 aliphatic heterocycles. The van der Waals surface area contributed by atoms with Gasteiger partial charge < -0.3 is 14.8 Å². The lowest BCUT2D eigenvalue weighted by atomic mass is 10.0. The molecule has 3 aromatic rings. The highest BCUT2D eigenvalue weighted by molar-refractivity contribution is 5.78. The van der Waals surface area contributed by atoms with E-state index in [0.29, 0.717) is 11.5 Å². The number of nitrogens with one attached hydrogen (secondary N) is 1. The molecule has 1 unspecified atom stereocenters. The molecule has 27 heavy (non-hydrogen) atoms. The minimum Gasteiger partial charge on any atom is -0.493 e. The van der Waals surface area contributed by atoms with E-state index in [0.717, 1.165) is 11.1 Å². The van der Waals surface area contributed by atoms with Crippen LogP contribution in [0.15, 0.2) is 78.9 Å². The van der Waals surface area contributed by atoms with Gasteiger partial charge in [-0.1, -0.05) is 66.7 Å². The average Bonchev–Trinajstić information content (AvgIpc) is 2.73.